The highest BCUT2D eigenvalue weighted by Gasteiger charge is 2.30. The second-order valence-corrected chi connectivity index (χ2v) is 6.89. The van der Waals surface area contributed by atoms with Crippen molar-refractivity contribution in [2.45, 2.75) is 31.5 Å². The van der Waals surface area contributed by atoms with E-state index in [0.29, 0.717) is 28.5 Å². The van der Waals surface area contributed by atoms with Gasteiger partial charge in [-0.25, -0.2) is 0 Å². The highest BCUT2D eigenvalue weighted by atomic mass is 35.5. The van der Waals surface area contributed by atoms with Crippen LogP contribution >= 0.6 is 11.6 Å². The Hall–Kier alpha value is -1.92. The summed E-state index contributed by atoms with van der Waals surface area (Å²) < 4.78 is 50.2. The van der Waals surface area contributed by atoms with Gasteiger partial charge in [0.1, 0.15) is 6.10 Å². The minimum atomic E-state index is -4.34. The molecule has 146 valence electrons. The number of ether oxygens (including phenoxy) is 2. The van der Waals surface area contributed by atoms with Gasteiger partial charge in [0.15, 0.2) is 11.5 Å². The zero-order valence-corrected chi connectivity index (χ0v) is 15.4. The van der Waals surface area contributed by atoms with E-state index >= 15 is 0 Å². The third kappa shape index (κ3) is 5.78. The minimum absolute atomic E-state index is 0.0931. The van der Waals surface area contributed by atoms with E-state index in [1.807, 2.05) is 0 Å². The van der Waals surface area contributed by atoms with Crippen LogP contribution in [0.2, 0.25) is 5.02 Å². The van der Waals surface area contributed by atoms with Crippen LogP contribution in [0.4, 0.5) is 13.2 Å². The molecule has 0 aliphatic carbocycles. The SMILES string of the molecule is FC(F)(F)c1cccc(CCOc2ccc(Cl)cc2OC2CCNCC2)c1. The molecule has 1 aliphatic rings. The molecule has 0 spiro atoms. The molecule has 1 saturated heterocycles. The summed E-state index contributed by atoms with van der Waals surface area (Å²) in [5, 5.41) is 3.82. The maximum atomic E-state index is 12.8. The van der Waals surface area contributed by atoms with Gasteiger partial charge in [-0.15, -0.1) is 0 Å². The van der Waals surface area contributed by atoms with E-state index in [4.69, 9.17) is 21.1 Å². The van der Waals surface area contributed by atoms with Gasteiger partial charge < -0.3 is 14.8 Å². The first kappa shape index (κ1) is 19.8. The van der Waals surface area contributed by atoms with Crippen LogP contribution in [-0.2, 0) is 12.6 Å². The lowest BCUT2D eigenvalue weighted by Crippen LogP contribution is -2.34. The number of halogens is 4. The predicted octanol–water partition coefficient (Wildman–Crippen LogP) is 5.11. The van der Waals surface area contributed by atoms with Crippen LogP contribution in [-0.4, -0.2) is 25.8 Å². The average molecular weight is 400 g/mol. The molecule has 0 aromatic heterocycles. The molecule has 0 bridgehead atoms. The van der Waals surface area contributed by atoms with Gasteiger partial charge in [0.2, 0.25) is 0 Å². The fourth-order valence-corrected chi connectivity index (χ4v) is 3.13. The lowest BCUT2D eigenvalue weighted by molar-refractivity contribution is -0.137. The molecular formula is C20H21ClF3NO2. The van der Waals surface area contributed by atoms with E-state index in [1.165, 1.54) is 6.07 Å². The van der Waals surface area contributed by atoms with E-state index in [-0.39, 0.29) is 12.7 Å². The fourth-order valence-electron chi connectivity index (χ4n) is 2.97. The first-order chi connectivity index (χ1) is 12.9. The lowest BCUT2D eigenvalue weighted by Gasteiger charge is -2.25. The molecular weight excluding hydrogens is 379 g/mol. The summed E-state index contributed by atoms with van der Waals surface area (Å²) in [6.45, 7) is 2.04. The molecule has 1 heterocycles. The van der Waals surface area contributed by atoms with Crippen molar-refractivity contribution in [3.63, 3.8) is 0 Å². The molecule has 0 radical (unpaired) electrons. The third-order valence-electron chi connectivity index (χ3n) is 4.39. The van der Waals surface area contributed by atoms with Gasteiger partial charge in [0.25, 0.3) is 0 Å². The number of nitrogens with one attached hydrogen (secondary N) is 1. The molecule has 0 amide bonds. The van der Waals surface area contributed by atoms with Gasteiger partial charge in [-0.05, 0) is 49.7 Å². The Kier molecular flexibility index (Phi) is 6.50. The predicted molar refractivity (Wildman–Crippen MR) is 98.6 cm³/mol. The largest absolute Gasteiger partial charge is 0.489 e. The van der Waals surface area contributed by atoms with E-state index < -0.39 is 11.7 Å². The van der Waals surface area contributed by atoms with Crippen molar-refractivity contribution in [2.75, 3.05) is 19.7 Å². The molecule has 2 aromatic rings. The highest BCUT2D eigenvalue weighted by molar-refractivity contribution is 6.30. The molecule has 27 heavy (non-hydrogen) atoms. The molecule has 1 N–H and O–H groups in total. The van der Waals surface area contributed by atoms with Crippen LogP contribution in [0.15, 0.2) is 42.5 Å². The second kappa shape index (κ2) is 8.85. The molecule has 0 atom stereocenters. The molecule has 7 heteroatoms. The number of piperidine rings is 1. The second-order valence-electron chi connectivity index (χ2n) is 6.45. The first-order valence-corrected chi connectivity index (χ1v) is 9.25. The van der Waals surface area contributed by atoms with Crippen molar-refractivity contribution in [1.29, 1.82) is 0 Å². The molecule has 3 nitrogen and oxygen atoms in total. The number of rotatable bonds is 6. The van der Waals surface area contributed by atoms with Crippen LogP contribution in [0.5, 0.6) is 11.5 Å². The Labute approximate surface area is 161 Å². The minimum Gasteiger partial charge on any atom is -0.489 e. The van der Waals surface area contributed by atoms with Gasteiger partial charge in [-0.1, -0.05) is 29.8 Å². The van der Waals surface area contributed by atoms with Crippen molar-refractivity contribution in [2.24, 2.45) is 0 Å². The zero-order valence-electron chi connectivity index (χ0n) is 14.7. The summed E-state index contributed by atoms with van der Waals surface area (Å²) in [6.07, 6.45) is -2.09. The van der Waals surface area contributed by atoms with Crippen molar-refractivity contribution in [1.82, 2.24) is 5.32 Å². The Morgan fingerprint density at radius 1 is 1.04 bits per heavy atom. The van der Waals surface area contributed by atoms with E-state index in [2.05, 4.69) is 5.32 Å². The van der Waals surface area contributed by atoms with Gasteiger partial charge in [0, 0.05) is 17.5 Å². The number of hydrogen-bond donors (Lipinski definition) is 1. The van der Waals surface area contributed by atoms with E-state index in [1.54, 1.807) is 24.3 Å². The molecule has 3 rings (SSSR count). The van der Waals surface area contributed by atoms with Crippen LogP contribution in [0.25, 0.3) is 0 Å². The monoisotopic (exact) mass is 399 g/mol. The number of hydrogen-bond acceptors (Lipinski definition) is 3. The fraction of sp³-hybridized carbons (Fsp3) is 0.400. The van der Waals surface area contributed by atoms with Crippen LogP contribution in [0, 0.1) is 0 Å². The topological polar surface area (TPSA) is 30.5 Å². The van der Waals surface area contributed by atoms with Crippen molar-refractivity contribution >= 4 is 11.6 Å². The van der Waals surface area contributed by atoms with Gasteiger partial charge in [0.05, 0.1) is 12.2 Å². The summed E-state index contributed by atoms with van der Waals surface area (Å²) in [5.41, 5.74) is -0.0824. The van der Waals surface area contributed by atoms with Gasteiger partial charge >= 0.3 is 6.18 Å². The summed E-state index contributed by atoms with van der Waals surface area (Å²) in [6, 6.07) is 10.4. The Morgan fingerprint density at radius 3 is 2.56 bits per heavy atom. The molecule has 0 unspecified atom stereocenters. The zero-order chi connectivity index (χ0) is 19.3. The highest BCUT2D eigenvalue weighted by Crippen LogP contribution is 2.33. The first-order valence-electron chi connectivity index (χ1n) is 8.88. The average Bonchev–Trinajstić information content (AvgIpc) is 2.64. The normalized spacial score (nSPS) is 15.6. The van der Waals surface area contributed by atoms with Crippen LogP contribution in [0.1, 0.15) is 24.0 Å². The Bertz CT molecular complexity index is 761. The third-order valence-corrected chi connectivity index (χ3v) is 4.62. The summed E-state index contributed by atoms with van der Waals surface area (Å²) in [7, 11) is 0. The molecule has 2 aromatic carbocycles. The maximum absolute atomic E-state index is 12.8. The van der Waals surface area contributed by atoms with Crippen molar-refractivity contribution in [3.8, 4) is 11.5 Å². The van der Waals surface area contributed by atoms with E-state index in [9.17, 15) is 13.2 Å². The summed E-state index contributed by atoms with van der Waals surface area (Å²) in [4.78, 5) is 0. The summed E-state index contributed by atoms with van der Waals surface area (Å²) in [5.74, 6) is 1.11. The molecule has 0 saturated carbocycles. The smallest absolute Gasteiger partial charge is 0.416 e. The van der Waals surface area contributed by atoms with Crippen molar-refractivity contribution < 1.29 is 22.6 Å². The molecule has 1 aliphatic heterocycles. The number of alkyl halides is 3. The van der Waals surface area contributed by atoms with Crippen molar-refractivity contribution in [3.05, 3.63) is 58.6 Å². The van der Waals surface area contributed by atoms with Crippen LogP contribution in [0.3, 0.4) is 0 Å². The standard InChI is InChI=1S/C20H21ClF3NO2/c21-16-4-5-18(19(13-16)27-17-6-9-25-10-7-17)26-11-8-14-2-1-3-15(12-14)20(22,23)24/h1-5,12-13,17,25H,6-11H2. The molecule has 1 fully saturated rings. The Morgan fingerprint density at radius 2 is 1.81 bits per heavy atom. The van der Waals surface area contributed by atoms with Gasteiger partial charge in [-0.2, -0.15) is 13.2 Å². The van der Waals surface area contributed by atoms with Gasteiger partial charge in [-0.3, -0.25) is 0 Å². The maximum Gasteiger partial charge on any atom is 0.416 e. The Balaban J connectivity index is 1.62. The summed E-state index contributed by atoms with van der Waals surface area (Å²) >= 11 is 6.07. The number of benzene rings is 2. The lowest BCUT2D eigenvalue weighted by atomic mass is 10.1. The van der Waals surface area contributed by atoms with E-state index in [0.717, 1.165) is 38.1 Å². The van der Waals surface area contributed by atoms with Crippen LogP contribution < -0.4 is 14.8 Å². The quantitative estimate of drug-likeness (QED) is 0.732.